The maximum absolute atomic E-state index is 12.4. The molecule has 0 radical (unpaired) electrons. The zero-order valence-corrected chi connectivity index (χ0v) is 14.9. The van der Waals surface area contributed by atoms with E-state index in [1.807, 2.05) is 18.2 Å². The quantitative estimate of drug-likeness (QED) is 0.563. The van der Waals surface area contributed by atoms with Crippen molar-refractivity contribution < 1.29 is 14.3 Å². The van der Waals surface area contributed by atoms with Crippen LogP contribution in [0.25, 0.3) is 0 Å². The minimum Gasteiger partial charge on any atom is -0.483 e. The highest BCUT2D eigenvalue weighted by Gasteiger charge is 2.17. The Labute approximate surface area is 157 Å². The van der Waals surface area contributed by atoms with Crippen LogP contribution in [0.5, 0.6) is 5.75 Å². The Morgan fingerprint density at radius 1 is 0.769 bits per heavy atom. The molecule has 3 nitrogen and oxygen atoms in total. The summed E-state index contributed by atoms with van der Waals surface area (Å²) in [6.45, 7) is 1.69. The van der Waals surface area contributed by atoms with Crippen LogP contribution in [-0.2, 0) is 0 Å². The standard InChI is InChI=1S/C22H17ClO3/c1-15(21(24)17-7-11-19(23)12-8-17)26-20-13-9-18(10-14-20)22(25)16-5-3-2-4-6-16/h2-15H,1H3/t15-/m1/s1. The molecule has 0 aromatic heterocycles. The van der Waals surface area contributed by atoms with Crippen molar-refractivity contribution in [3.8, 4) is 5.75 Å². The molecule has 0 heterocycles. The Balaban J connectivity index is 1.68. The molecule has 3 aromatic rings. The average Bonchev–Trinajstić information content (AvgIpc) is 2.68. The number of ketones is 2. The molecule has 0 fully saturated rings. The minimum atomic E-state index is -0.646. The first kappa shape index (κ1) is 17.9. The van der Waals surface area contributed by atoms with Crippen molar-refractivity contribution in [3.63, 3.8) is 0 Å². The van der Waals surface area contributed by atoms with Gasteiger partial charge in [0, 0.05) is 21.7 Å². The van der Waals surface area contributed by atoms with Crippen LogP contribution in [-0.4, -0.2) is 17.7 Å². The molecule has 0 unspecified atom stereocenters. The maximum Gasteiger partial charge on any atom is 0.202 e. The predicted octanol–water partition coefficient (Wildman–Crippen LogP) is 5.22. The van der Waals surface area contributed by atoms with E-state index in [1.165, 1.54) is 0 Å². The van der Waals surface area contributed by atoms with E-state index in [0.717, 1.165) is 0 Å². The number of hydrogen-bond acceptors (Lipinski definition) is 3. The van der Waals surface area contributed by atoms with E-state index in [-0.39, 0.29) is 11.6 Å². The third-order valence-corrected chi connectivity index (χ3v) is 4.22. The number of Topliss-reactive ketones (excluding diaryl/α,β-unsaturated/α-hetero) is 1. The fourth-order valence-electron chi connectivity index (χ4n) is 2.55. The highest BCUT2D eigenvalue weighted by atomic mass is 35.5. The van der Waals surface area contributed by atoms with Gasteiger partial charge in [-0.1, -0.05) is 41.9 Å². The summed E-state index contributed by atoms with van der Waals surface area (Å²) in [4.78, 5) is 24.8. The lowest BCUT2D eigenvalue weighted by atomic mass is 10.0. The summed E-state index contributed by atoms with van der Waals surface area (Å²) in [5.41, 5.74) is 1.74. The molecule has 0 N–H and O–H groups in total. The van der Waals surface area contributed by atoms with E-state index in [9.17, 15) is 9.59 Å². The van der Waals surface area contributed by atoms with Crippen molar-refractivity contribution in [1.82, 2.24) is 0 Å². The van der Waals surface area contributed by atoms with E-state index < -0.39 is 6.10 Å². The van der Waals surface area contributed by atoms with Gasteiger partial charge < -0.3 is 4.74 Å². The summed E-state index contributed by atoms with van der Waals surface area (Å²) in [5.74, 6) is 0.345. The molecule has 4 heteroatoms. The highest BCUT2D eigenvalue weighted by Crippen LogP contribution is 2.18. The van der Waals surface area contributed by atoms with Crippen LogP contribution in [0, 0.1) is 0 Å². The molecule has 26 heavy (non-hydrogen) atoms. The van der Waals surface area contributed by atoms with Crippen molar-refractivity contribution in [2.45, 2.75) is 13.0 Å². The number of carbonyl (C=O) groups is 2. The van der Waals surface area contributed by atoms with Crippen molar-refractivity contribution in [2.24, 2.45) is 0 Å². The molecule has 0 saturated heterocycles. The average molecular weight is 365 g/mol. The van der Waals surface area contributed by atoms with Crippen molar-refractivity contribution in [3.05, 3.63) is 101 Å². The van der Waals surface area contributed by atoms with Crippen LogP contribution in [0.3, 0.4) is 0 Å². The second-order valence-corrected chi connectivity index (χ2v) is 6.29. The summed E-state index contributed by atoms with van der Waals surface area (Å²) in [6.07, 6.45) is -0.646. The second kappa shape index (κ2) is 7.98. The Morgan fingerprint density at radius 3 is 1.92 bits per heavy atom. The third kappa shape index (κ3) is 4.19. The summed E-state index contributed by atoms with van der Waals surface area (Å²) < 4.78 is 5.71. The van der Waals surface area contributed by atoms with Gasteiger partial charge in [0.15, 0.2) is 11.9 Å². The molecule has 0 saturated carbocycles. The van der Waals surface area contributed by atoms with E-state index >= 15 is 0 Å². The SMILES string of the molecule is C[C@@H](Oc1ccc(C(=O)c2ccccc2)cc1)C(=O)c1ccc(Cl)cc1. The summed E-state index contributed by atoms with van der Waals surface area (Å²) in [5, 5.41) is 0.578. The Morgan fingerprint density at radius 2 is 1.31 bits per heavy atom. The zero-order chi connectivity index (χ0) is 18.5. The van der Waals surface area contributed by atoms with Crippen LogP contribution in [0.1, 0.15) is 33.2 Å². The van der Waals surface area contributed by atoms with Gasteiger partial charge in [0.25, 0.3) is 0 Å². The van der Waals surface area contributed by atoms with Crippen LogP contribution in [0.15, 0.2) is 78.9 Å². The smallest absolute Gasteiger partial charge is 0.202 e. The predicted molar refractivity (Wildman–Crippen MR) is 102 cm³/mol. The van der Waals surface area contributed by atoms with Crippen LogP contribution in [0.4, 0.5) is 0 Å². The van der Waals surface area contributed by atoms with Crippen molar-refractivity contribution >= 4 is 23.2 Å². The molecular weight excluding hydrogens is 348 g/mol. The Hall–Kier alpha value is -2.91. The van der Waals surface area contributed by atoms with Gasteiger partial charge in [-0.15, -0.1) is 0 Å². The lowest BCUT2D eigenvalue weighted by Crippen LogP contribution is -2.23. The lowest BCUT2D eigenvalue weighted by molar-refractivity contribution is 0.0817. The zero-order valence-electron chi connectivity index (χ0n) is 14.2. The van der Waals surface area contributed by atoms with Crippen molar-refractivity contribution in [2.75, 3.05) is 0 Å². The first-order valence-electron chi connectivity index (χ1n) is 8.21. The van der Waals surface area contributed by atoms with E-state index in [2.05, 4.69) is 0 Å². The third-order valence-electron chi connectivity index (χ3n) is 3.96. The van der Waals surface area contributed by atoms with E-state index in [0.29, 0.717) is 27.5 Å². The topological polar surface area (TPSA) is 43.4 Å². The van der Waals surface area contributed by atoms with Crippen LogP contribution < -0.4 is 4.74 Å². The highest BCUT2D eigenvalue weighted by molar-refractivity contribution is 6.30. The van der Waals surface area contributed by atoms with Gasteiger partial charge >= 0.3 is 0 Å². The summed E-state index contributed by atoms with van der Waals surface area (Å²) in [6, 6.07) is 22.6. The summed E-state index contributed by atoms with van der Waals surface area (Å²) >= 11 is 5.84. The molecule has 0 amide bonds. The van der Waals surface area contributed by atoms with Gasteiger partial charge in [-0.25, -0.2) is 0 Å². The maximum atomic E-state index is 12.4. The van der Waals surface area contributed by atoms with Gasteiger partial charge in [-0.2, -0.15) is 0 Å². The largest absolute Gasteiger partial charge is 0.483 e. The van der Waals surface area contributed by atoms with Crippen LogP contribution in [0.2, 0.25) is 5.02 Å². The Kier molecular flexibility index (Phi) is 5.49. The number of halogens is 1. The summed E-state index contributed by atoms with van der Waals surface area (Å²) in [7, 11) is 0. The molecule has 3 aromatic carbocycles. The molecule has 3 rings (SSSR count). The fraction of sp³-hybridized carbons (Fsp3) is 0.0909. The monoisotopic (exact) mass is 364 g/mol. The number of rotatable bonds is 6. The van der Waals surface area contributed by atoms with E-state index in [1.54, 1.807) is 67.6 Å². The van der Waals surface area contributed by atoms with Gasteiger partial charge in [0.2, 0.25) is 5.78 Å². The Bertz CT molecular complexity index is 900. The minimum absolute atomic E-state index is 0.0533. The molecule has 130 valence electrons. The van der Waals surface area contributed by atoms with Gasteiger partial charge in [0.05, 0.1) is 0 Å². The number of benzene rings is 3. The molecule has 0 spiro atoms. The number of hydrogen-bond donors (Lipinski definition) is 0. The lowest BCUT2D eigenvalue weighted by Gasteiger charge is -2.14. The first-order valence-corrected chi connectivity index (χ1v) is 8.58. The van der Waals surface area contributed by atoms with Gasteiger partial charge in [-0.05, 0) is 55.5 Å². The van der Waals surface area contributed by atoms with Gasteiger partial charge in [0.1, 0.15) is 5.75 Å². The number of carbonyl (C=O) groups excluding carboxylic acids is 2. The van der Waals surface area contributed by atoms with Crippen molar-refractivity contribution in [1.29, 1.82) is 0 Å². The molecule has 0 aliphatic heterocycles. The molecule has 0 bridgehead atoms. The molecular formula is C22H17ClO3. The number of ether oxygens (including phenoxy) is 1. The first-order chi connectivity index (χ1) is 12.5. The fourth-order valence-corrected chi connectivity index (χ4v) is 2.67. The second-order valence-electron chi connectivity index (χ2n) is 5.85. The normalized spacial score (nSPS) is 11.6. The van der Waals surface area contributed by atoms with Crippen LogP contribution >= 0.6 is 11.6 Å². The van der Waals surface area contributed by atoms with Gasteiger partial charge in [-0.3, -0.25) is 9.59 Å². The molecule has 0 aliphatic rings. The molecule has 1 atom stereocenters. The molecule has 0 aliphatic carbocycles. The van der Waals surface area contributed by atoms with E-state index in [4.69, 9.17) is 16.3 Å².